The van der Waals surface area contributed by atoms with E-state index in [0.29, 0.717) is 12.0 Å². The molecule has 0 aliphatic heterocycles. The van der Waals surface area contributed by atoms with Crippen molar-refractivity contribution in [3.63, 3.8) is 0 Å². The molecule has 13 heteroatoms. The van der Waals surface area contributed by atoms with Crippen molar-refractivity contribution in [2.75, 3.05) is 0 Å². The van der Waals surface area contributed by atoms with Gasteiger partial charge in [-0.1, -0.05) is 38.5 Å². The second-order valence-corrected chi connectivity index (χ2v) is 9.59. The average Bonchev–Trinajstić information content (AvgIpc) is 3.30. The van der Waals surface area contributed by atoms with Crippen molar-refractivity contribution < 1.29 is 39.3 Å². The number of aromatic amines is 1. The molecule has 214 valence electrons. The fraction of sp³-hybridized carbons (Fsp3) is 0.500. The highest BCUT2D eigenvalue weighted by molar-refractivity contribution is 5.95. The molecule has 2 aromatic rings. The maximum atomic E-state index is 13.4. The highest BCUT2D eigenvalue weighted by Gasteiger charge is 2.33. The van der Waals surface area contributed by atoms with Crippen molar-refractivity contribution in [3.8, 4) is 0 Å². The zero-order valence-corrected chi connectivity index (χ0v) is 22.1. The molecule has 13 nitrogen and oxygen atoms in total. The van der Waals surface area contributed by atoms with Gasteiger partial charge in [-0.2, -0.15) is 0 Å². The van der Waals surface area contributed by atoms with Gasteiger partial charge < -0.3 is 42.0 Å². The van der Waals surface area contributed by atoms with E-state index in [1.54, 1.807) is 13.1 Å². The monoisotopic (exact) mass is 547 g/mol. The fourth-order valence-electron chi connectivity index (χ4n) is 3.96. The van der Waals surface area contributed by atoms with E-state index in [1.165, 1.54) is 6.92 Å². The van der Waals surface area contributed by atoms with Crippen LogP contribution in [-0.4, -0.2) is 80.2 Å². The predicted octanol–water partition coefficient (Wildman–Crippen LogP) is -0.132. The number of fused-ring (bicyclic) bond motifs is 1. The molecule has 0 saturated heterocycles. The molecule has 9 N–H and O–H groups in total. The third-order valence-electron chi connectivity index (χ3n) is 6.62. The number of aliphatic carboxylic acids is 2. The van der Waals surface area contributed by atoms with E-state index in [-0.39, 0.29) is 12.3 Å². The van der Waals surface area contributed by atoms with Gasteiger partial charge in [0.15, 0.2) is 0 Å². The Kier molecular flexibility index (Phi) is 11.4. The lowest BCUT2D eigenvalue weighted by atomic mass is 9.98. The number of aliphatic hydroxyl groups is 1. The average molecular weight is 548 g/mol. The molecule has 0 aliphatic carbocycles. The van der Waals surface area contributed by atoms with Crippen LogP contribution in [0.4, 0.5) is 0 Å². The Morgan fingerprint density at radius 2 is 1.59 bits per heavy atom. The number of aromatic nitrogens is 1. The number of para-hydroxylation sites is 1. The molecule has 0 fully saturated rings. The van der Waals surface area contributed by atoms with Crippen LogP contribution in [0.5, 0.6) is 0 Å². The Hall–Kier alpha value is -3.97. The molecular weight excluding hydrogens is 510 g/mol. The number of hydrogen-bond donors (Lipinski definition) is 8. The van der Waals surface area contributed by atoms with Crippen LogP contribution in [0.2, 0.25) is 0 Å². The Morgan fingerprint density at radius 3 is 2.18 bits per heavy atom. The Balaban J connectivity index is 2.28. The van der Waals surface area contributed by atoms with Gasteiger partial charge in [0.2, 0.25) is 17.7 Å². The van der Waals surface area contributed by atoms with Crippen LogP contribution in [0.3, 0.4) is 0 Å². The lowest BCUT2D eigenvalue weighted by molar-refractivity contribution is -0.144. The summed E-state index contributed by atoms with van der Waals surface area (Å²) in [5.41, 5.74) is 7.59. The van der Waals surface area contributed by atoms with E-state index in [9.17, 15) is 34.2 Å². The summed E-state index contributed by atoms with van der Waals surface area (Å²) in [6.07, 6.45) is -0.00857. The highest BCUT2D eigenvalue weighted by atomic mass is 16.4. The fourth-order valence-corrected chi connectivity index (χ4v) is 3.96. The van der Waals surface area contributed by atoms with Gasteiger partial charge in [0.05, 0.1) is 12.1 Å². The summed E-state index contributed by atoms with van der Waals surface area (Å²) in [5, 5.41) is 36.4. The number of carboxylic acid groups (broad SMARTS) is 2. The molecule has 1 aromatic heterocycles. The van der Waals surface area contributed by atoms with Gasteiger partial charge in [-0.3, -0.25) is 19.2 Å². The first kappa shape index (κ1) is 31.2. The van der Waals surface area contributed by atoms with Gasteiger partial charge >= 0.3 is 11.9 Å². The molecule has 6 atom stereocenters. The van der Waals surface area contributed by atoms with Crippen molar-refractivity contribution in [3.05, 3.63) is 36.0 Å². The van der Waals surface area contributed by atoms with E-state index in [1.807, 2.05) is 31.2 Å². The van der Waals surface area contributed by atoms with E-state index in [2.05, 4.69) is 20.9 Å². The van der Waals surface area contributed by atoms with Gasteiger partial charge in [-0.15, -0.1) is 0 Å². The zero-order chi connectivity index (χ0) is 29.3. The molecule has 1 aromatic carbocycles. The number of benzene rings is 1. The van der Waals surface area contributed by atoms with E-state index < -0.39 is 72.8 Å². The summed E-state index contributed by atoms with van der Waals surface area (Å²) in [6, 6.07) is 2.13. The number of carbonyl (C=O) groups excluding carboxylic acids is 3. The smallest absolute Gasteiger partial charge is 0.326 e. The van der Waals surface area contributed by atoms with Crippen LogP contribution >= 0.6 is 0 Å². The summed E-state index contributed by atoms with van der Waals surface area (Å²) in [7, 11) is 0. The second-order valence-electron chi connectivity index (χ2n) is 9.59. The summed E-state index contributed by atoms with van der Waals surface area (Å²) < 4.78 is 0. The largest absolute Gasteiger partial charge is 0.481 e. The van der Waals surface area contributed by atoms with Gasteiger partial charge in [-0.05, 0) is 30.9 Å². The number of carbonyl (C=O) groups is 5. The lowest BCUT2D eigenvalue weighted by Crippen LogP contribution is -2.60. The second kappa shape index (κ2) is 14.3. The van der Waals surface area contributed by atoms with Crippen LogP contribution in [0.1, 0.15) is 45.6 Å². The van der Waals surface area contributed by atoms with Crippen molar-refractivity contribution in [1.29, 1.82) is 0 Å². The number of hydrogen-bond acceptors (Lipinski definition) is 7. The minimum atomic E-state index is -1.59. The number of H-pyrrole nitrogens is 1. The van der Waals surface area contributed by atoms with Gasteiger partial charge in [-0.25, -0.2) is 4.79 Å². The topological polar surface area (TPSA) is 224 Å². The number of nitrogens with two attached hydrogens (primary N) is 1. The number of nitrogens with one attached hydrogen (secondary N) is 4. The molecule has 0 spiro atoms. The summed E-state index contributed by atoms with van der Waals surface area (Å²) in [5.74, 6) is -5.28. The molecular formula is C26H37N5O8. The number of amides is 3. The van der Waals surface area contributed by atoms with Crippen molar-refractivity contribution in [2.24, 2.45) is 11.7 Å². The molecule has 0 saturated carbocycles. The standard InChI is InChI=1S/C26H37N5O8/c1-4-13(2)21(27)24(36)30-19(11-15-12-28-17-8-6-5-7-16(15)17)23(35)31-22(14(3)32)25(37)29-18(26(38)39)9-10-20(33)34/h5-8,12-14,18-19,21-22,28,32H,4,9-11,27H2,1-3H3,(H,29,37)(H,30,36)(H,31,35)(H,33,34)(H,38,39). The van der Waals surface area contributed by atoms with E-state index in [0.717, 1.165) is 10.9 Å². The molecule has 3 amide bonds. The zero-order valence-electron chi connectivity index (χ0n) is 22.1. The SMILES string of the molecule is CCC(C)C(N)C(=O)NC(Cc1c[nH]c2ccccc12)C(=O)NC(C(=O)NC(CCC(=O)O)C(=O)O)C(C)O. The maximum Gasteiger partial charge on any atom is 0.326 e. The molecule has 0 aliphatic rings. The molecule has 0 radical (unpaired) electrons. The first-order valence-corrected chi connectivity index (χ1v) is 12.7. The van der Waals surface area contributed by atoms with Crippen molar-refractivity contribution in [2.45, 2.75) is 76.7 Å². The Bertz CT molecular complexity index is 1180. The van der Waals surface area contributed by atoms with Gasteiger partial charge in [0, 0.05) is 29.9 Å². The quantitative estimate of drug-likeness (QED) is 0.148. The first-order chi connectivity index (χ1) is 18.3. The van der Waals surface area contributed by atoms with Gasteiger partial charge in [0.1, 0.15) is 18.1 Å². The van der Waals surface area contributed by atoms with Crippen LogP contribution in [0.25, 0.3) is 10.9 Å². The highest BCUT2D eigenvalue weighted by Crippen LogP contribution is 2.19. The first-order valence-electron chi connectivity index (χ1n) is 12.7. The minimum absolute atomic E-state index is 0.0271. The van der Waals surface area contributed by atoms with Crippen LogP contribution in [0, 0.1) is 5.92 Å². The minimum Gasteiger partial charge on any atom is -0.481 e. The van der Waals surface area contributed by atoms with Crippen molar-refractivity contribution in [1.82, 2.24) is 20.9 Å². The lowest BCUT2D eigenvalue weighted by Gasteiger charge is -2.27. The Morgan fingerprint density at radius 1 is 0.949 bits per heavy atom. The van der Waals surface area contributed by atoms with Gasteiger partial charge in [0.25, 0.3) is 0 Å². The predicted molar refractivity (Wildman–Crippen MR) is 141 cm³/mol. The third kappa shape index (κ3) is 8.79. The van der Waals surface area contributed by atoms with E-state index in [4.69, 9.17) is 10.8 Å². The van der Waals surface area contributed by atoms with Crippen LogP contribution < -0.4 is 21.7 Å². The summed E-state index contributed by atoms with van der Waals surface area (Å²) >= 11 is 0. The van der Waals surface area contributed by atoms with Crippen LogP contribution in [-0.2, 0) is 30.4 Å². The summed E-state index contributed by atoms with van der Waals surface area (Å²) in [4.78, 5) is 64.6. The van der Waals surface area contributed by atoms with Crippen molar-refractivity contribution >= 4 is 40.6 Å². The molecule has 1 heterocycles. The maximum absolute atomic E-state index is 13.4. The normalized spacial score (nSPS) is 15.8. The number of carboxylic acids is 2. The molecule has 6 unspecified atom stereocenters. The molecule has 39 heavy (non-hydrogen) atoms. The number of aliphatic hydroxyl groups excluding tert-OH is 1. The number of rotatable bonds is 15. The molecule has 2 rings (SSSR count). The third-order valence-corrected chi connectivity index (χ3v) is 6.62. The Labute approximate surface area is 225 Å². The van der Waals surface area contributed by atoms with Crippen LogP contribution in [0.15, 0.2) is 30.5 Å². The summed E-state index contributed by atoms with van der Waals surface area (Å²) in [6.45, 7) is 4.90. The molecule has 0 bridgehead atoms. The van der Waals surface area contributed by atoms with E-state index >= 15 is 0 Å².